The molecule has 0 heterocycles. The zero-order valence-electron chi connectivity index (χ0n) is 11.9. The van der Waals surface area contributed by atoms with E-state index >= 15 is 0 Å². The summed E-state index contributed by atoms with van der Waals surface area (Å²) in [6.45, 7) is 2.38. The number of nitrogens with two attached hydrogens (primary N) is 1. The second-order valence-electron chi connectivity index (χ2n) is 4.72. The molecule has 1 atom stereocenters. The summed E-state index contributed by atoms with van der Waals surface area (Å²) in [7, 11) is 1.65. The van der Waals surface area contributed by atoms with Gasteiger partial charge in [-0.1, -0.05) is 31.9 Å². The molecule has 3 nitrogen and oxygen atoms in total. The molecule has 2 rings (SSSR count). The Bertz CT molecular complexity index is 630. The monoisotopic (exact) mass is 413 g/mol. The van der Waals surface area contributed by atoms with Crippen molar-refractivity contribution < 1.29 is 9.47 Å². The van der Waals surface area contributed by atoms with E-state index in [1.807, 2.05) is 43.3 Å². The maximum Gasteiger partial charge on any atom is 0.124 e. The normalized spacial score (nSPS) is 12.0. The first-order valence-corrected chi connectivity index (χ1v) is 8.10. The van der Waals surface area contributed by atoms with Gasteiger partial charge in [0.05, 0.1) is 7.11 Å². The van der Waals surface area contributed by atoms with Crippen LogP contribution in [-0.2, 0) is 6.61 Å². The van der Waals surface area contributed by atoms with E-state index < -0.39 is 0 Å². The van der Waals surface area contributed by atoms with Gasteiger partial charge in [-0.15, -0.1) is 0 Å². The average Bonchev–Trinajstić information content (AvgIpc) is 2.47. The Kier molecular flexibility index (Phi) is 5.67. The number of rotatable bonds is 5. The van der Waals surface area contributed by atoms with Gasteiger partial charge in [0, 0.05) is 26.1 Å². The van der Waals surface area contributed by atoms with Gasteiger partial charge in [-0.25, -0.2) is 0 Å². The van der Waals surface area contributed by atoms with E-state index in [9.17, 15) is 0 Å². The lowest BCUT2D eigenvalue weighted by atomic mass is 10.1. The van der Waals surface area contributed by atoms with Crippen molar-refractivity contribution >= 4 is 31.9 Å². The minimum atomic E-state index is -0.0914. The number of methoxy groups -OCH3 is 1. The van der Waals surface area contributed by atoms with Crippen LogP contribution < -0.4 is 15.2 Å². The van der Waals surface area contributed by atoms with Crippen LogP contribution in [0, 0.1) is 0 Å². The van der Waals surface area contributed by atoms with Gasteiger partial charge in [-0.3, -0.25) is 0 Å². The average molecular weight is 415 g/mol. The molecule has 0 saturated heterocycles. The molecular weight excluding hydrogens is 398 g/mol. The molecule has 0 aromatic heterocycles. The van der Waals surface area contributed by atoms with Gasteiger partial charge < -0.3 is 15.2 Å². The van der Waals surface area contributed by atoms with Crippen LogP contribution in [0.4, 0.5) is 0 Å². The molecule has 0 bridgehead atoms. The fourth-order valence-corrected chi connectivity index (χ4v) is 2.69. The molecule has 2 N–H and O–H groups in total. The van der Waals surface area contributed by atoms with Crippen molar-refractivity contribution in [1.29, 1.82) is 0 Å². The summed E-state index contributed by atoms with van der Waals surface area (Å²) in [5.41, 5.74) is 7.99. The molecule has 2 aromatic carbocycles. The molecule has 0 aliphatic carbocycles. The van der Waals surface area contributed by atoms with Crippen LogP contribution >= 0.6 is 31.9 Å². The van der Waals surface area contributed by atoms with Crippen LogP contribution in [0.25, 0.3) is 0 Å². The maximum absolute atomic E-state index is 6.00. The standard InChI is InChI=1S/C16H17Br2NO2/c1-10(19)14-8-12(17)3-6-16(14)21-9-11-7-13(20-2)4-5-15(11)18/h3-8,10H,9,19H2,1-2H3/t10-/m0/s1. The lowest BCUT2D eigenvalue weighted by Crippen LogP contribution is -2.08. The van der Waals surface area contributed by atoms with E-state index in [1.54, 1.807) is 7.11 Å². The van der Waals surface area contributed by atoms with Gasteiger partial charge in [-0.2, -0.15) is 0 Å². The first-order chi connectivity index (χ1) is 10.0. The Morgan fingerprint density at radius 3 is 2.57 bits per heavy atom. The summed E-state index contributed by atoms with van der Waals surface area (Å²) in [6.07, 6.45) is 0. The largest absolute Gasteiger partial charge is 0.497 e. The molecular formula is C16H17Br2NO2. The Morgan fingerprint density at radius 2 is 1.90 bits per heavy atom. The highest BCUT2D eigenvalue weighted by atomic mass is 79.9. The number of benzene rings is 2. The third-order valence-corrected chi connectivity index (χ3v) is 4.37. The third kappa shape index (κ3) is 4.22. The summed E-state index contributed by atoms with van der Waals surface area (Å²) < 4.78 is 13.1. The topological polar surface area (TPSA) is 44.5 Å². The lowest BCUT2D eigenvalue weighted by molar-refractivity contribution is 0.299. The van der Waals surface area contributed by atoms with Crippen LogP contribution in [0.2, 0.25) is 0 Å². The minimum Gasteiger partial charge on any atom is -0.497 e. The Labute approximate surface area is 141 Å². The van der Waals surface area contributed by atoms with Gasteiger partial charge >= 0.3 is 0 Å². The van der Waals surface area contributed by atoms with Crippen molar-refractivity contribution in [2.24, 2.45) is 5.73 Å². The van der Waals surface area contributed by atoms with Gasteiger partial charge in [0.2, 0.25) is 0 Å². The summed E-state index contributed by atoms with van der Waals surface area (Å²) >= 11 is 6.98. The molecule has 112 valence electrons. The first kappa shape index (κ1) is 16.3. The SMILES string of the molecule is COc1ccc(Br)c(COc2ccc(Br)cc2[C@H](C)N)c1. The fraction of sp³-hybridized carbons (Fsp3) is 0.250. The molecule has 0 aliphatic heterocycles. The van der Waals surface area contributed by atoms with Gasteiger partial charge in [0.25, 0.3) is 0 Å². The van der Waals surface area contributed by atoms with Crippen molar-refractivity contribution in [1.82, 2.24) is 0 Å². The van der Waals surface area contributed by atoms with Crippen molar-refractivity contribution in [3.63, 3.8) is 0 Å². The second kappa shape index (κ2) is 7.29. The predicted molar refractivity (Wildman–Crippen MR) is 91.8 cm³/mol. The van der Waals surface area contributed by atoms with E-state index in [4.69, 9.17) is 15.2 Å². The van der Waals surface area contributed by atoms with Crippen LogP contribution in [0.5, 0.6) is 11.5 Å². The summed E-state index contributed by atoms with van der Waals surface area (Å²) in [6, 6.07) is 11.6. The Balaban J connectivity index is 2.20. The maximum atomic E-state index is 6.00. The summed E-state index contributed by atoms with van der Waals surface area (Å²) in [5, 5.41) is 0. The number of halogens is 2. The highest BCUT2D eigenvalue weighted by molar-refractivity contribution is 9.10. The molecule has 0 aliphatic rings. The fourth-order valence-electron chi connectivity index (χ4n) is 1.95. The van der Waals surface area contributed by atoms with Gasteiger partial charge in [0.15, 0.2) is 0 Å². The van der Waals surface area contributed by atoms with Crippen LogP contribution in [0.1, 0.15) is 24.1 Å². The summed E-state index contributed by atoms with van der Waals surface area (Å²) in [4.78, 5) is 0. The number of ether oxygens (including phenoxy) is 2. The van der Waals surface area contributed by atoms with Gasteiger partial charge in [0.1, 0.15) is 18.1 Å². The first-order valence-electron chi connectivity index (χ1n) is 6.51. The lowest BCUT2D eigenvalue weighted by Gasteiger charge is -2.15. The molecule has 0 amide bonds. The molecule has 21 heavy (non-hydrogen) atoms. The quantitative estimate of drug-likeness (QED) is 0.762. The molecule has 0 spiro atoms. The van der Waals surface area contributed by atoms with E-state index in [0.29, 0.717) is 6.61 Å². The van der Waals surface area contributed by atoms with Crippen molar-refractivity contribution in [3.05, 3.63) is 56.5 Å². The Hall–Kier alpha value is -1.04. The second-order valence-corrected chi connectivity index (χ2v) is 6.49. The summed E-state index contributed by atoms with van der Waals surface area (Å²) in [5.74, 6) is 1.60. The minimum absolute atomic E-state index is 0.0914. The van der Waals surface area contributed by atoms with Crippen LogP contribution in [0.15, 0.2) is 45.3 Å². The van der Waals surface area contributed by atoms with Crippen molar-refractivity contribution in [2.45, 2.75) is 19.6 Å². The van der Waals surface area contributed by atoms with E-state index in [2.05, 4.69) is 31.9 Å². The van der Waals surface area contributed by atoms with Gasteiger partial charge in [-0.05, 0) is 43.3 Å². The molecule has 2 aromatic rings. The van der Waals surface area contributed by atoms with E-state index in [-0.39, 0.29) is 6.04 Å². The van der Waals surface area contributed by atoms with Crippen molar-refractivity contribution in [2.75, 3.05) is 7.11 Å². The molecule has 5 heteroatoms. The third-order valence-electron chi connectivity index (χ3n) is 3.10. The van der Waals surface area contributed by atoms with Crippen LogP contribution in [-0.4, -0.2) is 7.11 Å². The highest BCUT2D eigenvalue weighted by Gasteiger charge is 2.10. The Morgan fingerprint density at radius 1 is 1.14 bits per heavy atom. The molecule has 0 radical (unpaired) electrons. The number of hydrogen-bond donors (Lipinski definition) is 1. The molecule has 0 saturated carbocycles. The highest BCUT2D eigenvalue weighted by Crippen LogP contribution is 2.29. The molecule has 0 unspecified atom stereocenters. The zero-order valence-corrected chi connectivity index (χ0v) is 15.1. The number of hydrogen-bond acceptors (Lipinski definition) is 3. The van der Waals surface area contributed by atoms with E-state index in [0.717, 1.165) is 31.6 Å². The predicted octanol–water partition coefficient (Wildman–Crippen LogP) is 4.82. The smallest absolute Gasteiger partial charge is 0.124 e. The molecule has 0 fully saturated rings. The van der Waals surface area contributed by atoms with Crippen LogP contribution in [0.3, 0.4) is 0 Å². The zero-order chi connectivity index (χ0) is 15.4. The van der Waals surface area contributed by atoms with E-state index in [1.165, 1.54) is 0 Å². The van der Waals surface area contributed by atoms with Crippen molar-refractivity contribution in [3.8, 4) is 11.5 Å².